The third-order valence-corrected chi connectivity index (χ3v) is 3.15. The third-order valence-electron chi connectivity index (χ3n) is 3.15. The first-order chi connectivity index (χ1) is 10.4. The van der Waals surface area contributed by atoms with Crippen molar-refractivity contribution >= 4 is 23.4 Å². The van der Waals surface area contributed by atoms with Gasteiger partial charge >= 0.3 is 0 Å². The molecule has 0 saturated heterocycles. The number of halogens is 2. The van der Waals surface area contributed by atoms with Gasteiger partial charge in [0, 0.05) is 12.6 Å². The molecule has 0 saturated carbocycles. The zero-order chi connectivity index (χ0) is 16.3. The number of carbonyl (C=O) groups excluding carboxylic acids is 1. The summed E-state index contributed by atoms with van der Waals surface area (Å²) in [6.07, 6.45) is 0. The Morgan fingerprint density at radius 1 is 1.45 bits per heavy atom. The Morgan fingerprint density at radius 2 is 2.14 bits per heavy atom. The van der Waals surface area contributed by atoms with Crippen LogP contribution in [-0.4, -0.2) is 37.0 Å². The van der Waals surface area contributed by atoms with Crippen LogP contribution in [0.5, 0.6) is 0 Å². The summed E-state index contributed by atoms with van der Waals surface area (Å²) < 4.78 is 28.7. The van der Waals surface area contributed by atoms with Crippen LogP contribution >= 0.6 is 0 Å². The maximum Gasteiger partial charge on any atom is 0.286 e. The Kier molecular flexibility index (Phi) is 4.30. The molecule has 0 aromatic heterocycles. The van der Waals surface area contributed by atoms with Crippen molar-refractivity contribution in [1.82, 2.24) is 5.32 Å². The number of hydrogen-bond donors (Lipinski definition) is 2. The van der Waals surface area contributed by atoms with Gasteiger partial charge in [-0.25, -0.2) is 18.8 Å². The molecule has 0 fully saturated rings. The van der Waals surface area contributed by atoms with E-state index in [0.717, 1.165) is 0 Å². The van der Waals surface area contributed by atoms with Crippen LogP contribution in [0.25, 0.3) is 0 Å². The maximum atomic E-state index is 14.9. The van der Waals surface area contributed by atoms with E-state index in [1.165, 1.54) is 38.2 Å². The number of alkyl halides is 1. The fourth-order valence-electron chi connectivity index (χ4n) is 2.01. The van der Waals surface area contributed by atoms with Gasteiger partial charge in [0.05, 0.1) is 6.54 Å². The normalized spacial score (nSPS) is 19.5. The van der Waals surface area contributed by atoms with Crippen molar-refractivity contribution in [2.45, 2.75) is 12.6 Å². The molecule has 22 heavy (non-hydrogen) atoms. The molecular formula is C14H15F2N5O. The molecule has 6 nitrogen and oxygen atoms in total. The van der Waals surface area contributed by atoms with E-state index < -0.39 is 17.4 Å². The molecule has 0 radical (unpaired) electrons. The van der Waals surface area contributed by atoms with Gasteiger partial charge in [0.15, 0.2) is 11.5 Å². The molecule has 8 heteroatoms. The molecule has 1 heterocycles. The second-order valence-electron chi connectivity index (χ2n) is 4.74. The van der Waals surface area contributed by atoms with Gasteiger partial charge in [-0.2, -0.15) is 0 Å². The van der Waals surface area contributed by atoms with Crippen LogP contribution in [0.4, 0.5) is 8.78 Å². The standard InChI is InChI=1S/C14H15F2N5O/c1-14(16,8-5-3-4-6-9(8)15)13-19-7-10(21-13)20-12(18-2)11(17)22/h3-6H,7H2,1-2H3,(H2,17,22)(H,18,19,20,21). The van der Waals surface area contributed by atoms with E-state index in [2.05, 4.69) is 20.3 Å². The van der Waals surface area contributed by atoms with Crippen molar-refractivity contribution in [3.8, 4) is 0 Å². The Labute approximate surface area is 125 Å². The number of nitrogens with two attached hydrogens (primary N) is 1. The Bertz CT molecular complexity index is 694. The number of rotatable bonds is 2. The number of carbonyl (C=O) groups is 1. The fraction of sp³-hybridized carbons (Fsp3) is 0.286. The summed E-state index contributed by atoms with van der Waals surface area (Å²) in [4.78, 5) is 22.5. The summed E-state index contributed by atoms with van der Waals surface area (Å²) in [6.45, 7) is 1.29. The third kappa shape index (κ3) is 3.00. The smallest absolute Gasteiger partial charge is 0.286 e. The van der Waals surface area contributed by atoms with Crippen molar-refractivity contribution in [2.24, 2.45) is 20.7 Å². The van der Waals surface area contributed by atoms with Crippen molar-refractivity contribution in [3.63, 3.8) is 0 Å². The van der Waals surface area contributed by atoms with Gasteiger partial charge < -0.3 is 11.1 Å². The van der Waals surface area contributed by atoms with Crippen LogP contribution in [0.15, 0.2) is 39.2 Å². The lowest BCUT2D eigenvalue weighted by atomic mass is 9.96. The van der Waals surface area contributed by atoms with Crippen LogP contribution in [0.3, 0.4) is 0 Å². The van der Waals surface area contributed by atoms with Crippen molar-refractivity contribution in [1.29, 1.82) is 0 Å². The predicted molar refractivity (Wildman–Crippen MR) is 80.3 cm³/mol. The molecule has 1 aliphatic rings. The summed E-state index contributed by atoms with van der Waals surface area (Å²) in [6, 6.07) is 5.53. The second kappa shape index (κ2) is 6.00. The first-order valence-electron chi connectivity index (χ1n) is 6.47. The van der Waals surface area contributed by atoms with Crippen molar-refractivity contribution in [2.75, 3.05) is 13.6 Å². The van der Waals surface area contributed by atoms with Crippen LogP contribution in [-0.2, 0) is 10.5 Å². The fourth-order valence-corrected chi connectivity index (χ4v) is 2.01. The lowest BCUT2D eigenvalue weighted by molar-refractivity contribution is -0.112. The highest BCUT2D eigenvalue weighted by molar-refractivity contribution is 6.39. The average Bonchev–Trinajstić information content (AvgIpc) is 2.94. The summed E-state index contributed by atoms with van der Waals surface area (Å²) in [5, 5.41) is 2.71. The largest absolute Gasteiger partial charge is 0.363 e. The molecule has 0 aliphatic carbocycles. The van der Waals surface area contributed by atoms with Crippen LogP contribution < -0.4 is 11.1 Å². The first kappa shape index (κ1) is 15.7. The van der Waals surface area contributed by atoms with E-state index in [0.29, 0.717) is 0 Å². The number of benzene rings is 1. The van der Waals surface area contributed by atoms with E-state index >= 15 is 0 Å². The SMILES string of the molecule is C/N=C(\N=C1/CNC(C(C)(F)c2ccccc2F)=N1)C(N)=O. The number of amides is 1. The number of primary amides is 1. The van der Waals surface area contributed by atoms with Crippen LogP contribution in [0.2, 0.25) is 0 Å². The monoisotopic (exact) mass is 307 g/mol. The van der Waals surface area contributed by atoms with Crippen LogP contribution in [0.1, 0.15) is 12.5 Å². The topological polar surface area (TPSA) is 92.2 Å². The van der Waals surface area contributed by atoms with E-state index in [-0.39, 0.29) is 29.6 Å². The number of amidine groups is 3. The lowest BCUT2D eigenvalue weighted by Gasteiger charge is -2.21. The Hall–Kier alpha value is -2.64. The Balaban J connectivity index is 2.35. The summed E-state index contributed by atoms with van der Waals surface area (Å²) in [7, 11) is 1.36. The molecule has 1 aromatic rings. The maximum absolute atomic E-state index is 14.9. The molecule has 2 rings (SSSR count). The van der Waals surface area contributed by atoms with Crippen molar-refractivity contribution < 1.29 is 13.6 Å². The number of nitrogens with one attached hydrogen (secondary N) is 1. The molecule has 1 unspecified atom stereocenters. The minimum Gasteiger partial charge on any atom is -0.363 e. The minimum atomic E-state index is -2.15. The Morgan fingerprint density at radius 3 is 2.73 bits per heavy atom. The van der Waals surface area contributed by atoms with E-state index in [9.17, 15) is 13.6 Å². The van der Waals surface area contributed by atoms with Gasteiger partial charge in [-0.3, -0.25) is 9.79 Å². The lowest BCUT2D eigenvalue weighted by Crippen LogP contribution is -2.37. The molecule has 116 valence electrons. The zero-order valence-electron chi connectivity index (χ0n) is 12.1. The molecule has 1 amide bonds. The number of aliphatic imine (C=N–C) groups is 3. The quantitative estimate of drug-likeness (QED) is 0.628. The molecular weight excluding hydrogens is 292 g/mol. The molecule has 3 N–H and O–H groups in total. The summed E-state index contributed by atoms with van der Waals surface area (Å²) in [5.74, 6) is -1.63. The first-order valence-corrected chi connectivity index (χ1v) is 6.47. The predicted octanol–water partition coefficient (Wildman–Crippen LogP) is 0.924. The van der Waals surface area contributed by atoms with Crippen molar-refractivity contribution in [3.05, 3.63) is 35.6 Å². The second-order valence-corrected chi connectivity index (χ2v) is 4.74. The van der Waals surface area contributed by atoms with E-state index in [1.54, 1.807) is 0 Å². The van der Waals surface area contributed by atoms with E-state index in [1.807, 2.05) is 0 Å². The number of nitrogens with zero attached hydrogens (tertiary/aromatic N) is 3. The highest BCUT2D eigenvalue weighted by atomic mass is 19.1. The van der Waals surface area contributed by atoms with E-state index in [4.69, 9.17) is 5.73 Å². The number of hydrogen-bond acceptors (Lipinski definition) is 3. The zero-order valence-corrected chi connectivity index (χ0v) is 12.1. The molecule has 0 spiro atoms. The highest BCUT2D eigenvalue weighted by Gasteiger charge is 2.37. The summed E-state index contributed by atoms with van der Waals surface area (Å²) >= 11 is 0. The molecule has 1 atom stereocenters. The minimum absolute atomic E-state index is 0.0868. The van der Waals surface area contributed by atoms with Gasteiger partial charge in [0.2, 0.25) is 5.84 Å². The average molecular weight is 307 g/mol. The van der Waals surface area contributed by atoms with Gasteiger partial charge in [0.1, 0.15) is 11.7 Å². The summed E-state index contributed by atoms with van der Waals surface area (Å²) in [5.41, 5.74) is 2.80. The van der Waals surface area contributed by atoms with Gasteiger partial charge in [0.25, 0.3) is 5.91 Å². The van der Waals surface area contributed by atoms with Crippen LogP contribution in [0, 0.1) is 5.82 Å². The van der Waals surface area contributed by atoms with Gasteiger partial charge in [-0.15, -0.1) is 0 Å². The van der Waals surface area contributed by atoms with Gasteiger partial charge in [-0.1, -0.05) is 18.2 Å². The van der Waals surface area contributed by atoms with Gasteiger partial charge in [-0.05, 0) is 13.0 Å². The molecule has 1 aromatic carbocycles. The molecule has 0 bridgehead atoms. The molecule has 1 aliphatic heterocycles. The highest BCUT2D eigenvalue weighted by Crippen LogP contribution is 2.29.